The van der Waals surface area contributed by atoms with Crippen LogP contribution in [0.3, 0.4) is 0 Å². The van der Waals surface area contributed by atoms with Gasteiger partial charge in [0.2, 0.25) is 5.91 Å². The van der Waals surface area contributed by atoms with Gasteiger partial charge in [-0.15, -0.1) is 0 Å². The molecule has 3 aromatic heterocycles. The Balaban J connectivity index is 1.40. The fourth-order valence-electron chi connectivity index (χ4n) is 3.76. The molecule has 0 radical (unpaired) electrons. The number of aromatic nitrogens is 3. The van der Waals surface area contributed by atoms with E-state index in [0.717, 1.165) is 39.9 Å². The zero-order chi connectivity index (χ0) is 22.3. The molecule has 0 aliphatic rings. The van der Waals surface area contributed by atoms with Gasteiger partial charge in [-0.2, -0.15) is 0 Å². The third kappa shape index (κ3) is 5.12. The first-order chi connectivity index (χ1) is 15.6. The van der Waals surface area contributed by atoms with Gasteiger partial charge in [-0.1, -0.05) is 12.1 Å². The molecule has 0 bridgehead atoms. The van der Waals surface area contributed by atoms with Crippen LogP contribution in [0.2, 0.25) is 0 Å². The SMILES string of the molecule is Cc1c[nH]c2nccc(Oc3cccc(C(CN)CC(=O)NCCc4ccncc4)c3)c12. The van der Waals surface area contributed by atoms with Crippen LogP contribution in [0.5, 0.6) is 11.5 Å². The van der Waals surface area contributed by atoms with Gasteiger partial charge in [-0.3, -0.25) is 9.78 Å². The van der Waals surface area contributed by atoms with Gasteiger partial charge < -0.3 is 20.8 Å². The van der Waals surface area contributed by atoms with Gasteiger partial charge in [0.1, 0.15) is 17.1 Å². The maximum atomic E-state index is 12.5. The summed E-state index contributed by atoms with van der Waals surface area (Å²) in [5, 5.41) is 3.95. The summed E-state index contributed by atoms with van der Waals surface area (Å²) >= 11 is 0. The van der Waals surface area contributed by atoms with E-state index in [0.29, 0.717) is 25.3 Å². The summed E-state index contributed by atoms with van der Waals surface area (Å²) in [4.78, 5) is 24.0. The number of hydrogen-bond donors (Lipinski definition) is 3. The van der Waals surface area contributed by atoms with E-state index >= 15 is 0 Å². The van der Waals surface area contributed by atoms with Crippen molar-refractivity contribution in [3.63, 3.8) is 0 Å². The molecule has 4 N–H and O–H groups in total. The summed E-state index contributed by atoms with van der Waals surface area (Å²) < 4.78 is 6.18. The molecule has 0 saturated carbocycles. The number of aromatic amines is 1. The Morgan fingerprint density at radius 3 is 2.84 bits per heavy atom. The first kappa shape index (κ1) is 21.5. The van der Waals surface area contributed by atoms with Crippen molar-refractivity contribution in [2.75, 3.05) is 13.1 Å². The van der Waals surface area contributed by atoms with E-state index in [2.05, 4.69) is 20.3 Å². The van der Waals surface area contributed by atoms with Crippen molar-refractivity contribution in [2.24, 2.45) is 5.73 Å². The second-order valence-electron chi connectivity index (χ2n) is 7.77. The monoisotopic (exact) mass is 429 g/mol. The van der Waals surface area contributed by atoms with Gasteiger partial charge in [-0.05, 0) is 66.9 Å². The molecule has 1 atom stereocenters. The number of pyridine rings is 2. The molecule has 1 amide bonds. The third-order valence-corrected chi connectivity index (χ3v) is 5.49. The maximum Gasteiger partial charge on any atom is 0.220 e. The summed E-state index contributed by atoms with van der Waals surface area (Å²) in [5.41, 5.74) is 10.00. The number of carbonyl (C=O) groups is 1. The molecule has 0 saturated heterocycles. The van der Waals surface area contributed by atoms with Crippen LogP contribution in [0.4, 0.5) is 0 Å². The summed E-state index contributed by atoms with van der Waals surface area (Å²) in [6, 6.07) is 13.5. The number of nitrogens with two attached hydrogens (primary N) is 1. The Kier molecular flexibility index (Phi) is 6.77. The Hall–Kier alpha value is -3.71. The van der Waals surface area contributed by atoms with E-state index in [-0.39, 0.29) is 11.8 Å². The van der Waals surface area contributed by atoms with Gasteiger partial charge in [0.25, 0.3) is 0 Å². The van der Waals surface area contributed by atoms with Crippen LogP contribution < -0.4 is 15.8 Å². The van der Waals surface area contributed by atoms with Crippen LogP contribution in [-0.2, 0) is 11.2 Å². The van der Waals surface area contributed by atoms with E-state index in [4.69, 9.17) is 10.5 Å². The second-order valence-corrected chi connectivity index (χ2v) is 7.77. The molecule has 0 spiro atoms. The molecule has 1 aromatic carbocycles. The highest BCUT2D eigenvalue weighted by atomic mass is 16.5. The Bertz CT molecular complexity index is 1190. The van der Waals surface area contributed by atoms with Crippen molar-refractivity contribution >= 4 is 16.9 Å². The molecular formula is C25H27N5O2. The van der Waals surface area contributed by atoms with E-state index in [9.17, 15) is 4.79 Å². The highest BCUT2D eigenvalue weighted by Crippen LogP contribution is 2.32. The number of amides is 1. The number of fused-ring (bicyclic) bond motifs is 1. The van der Waals surface area contributed by atoms with Crippen molar-refractivity contribution in [3.8, 4) is 11.5 Å². The van der Waals surface area contributed by atoms with Gasteiger partial charge in [0, 0.05) is 43.7 Å². The molecule has 0 fully saturated rings. The topological polar surface area (TPSA) is 106 Å². The van der Waals surface area contributed by atoms with Crippen LogP contribution in [0, 0.1) is 6.92 Å². The quantitative estimate of drug-likeness (QED) is 0.375. The lowest BCUT2D eigenvalue weighted by Gasteiger charge is -2.16. The van der Waals surface area contributed by atoms with Crippen LogP contribution in [0.25, 0.3) is 11.0 Å². The van der Waals surface area contributed by atoms with Gasteiger partial charge in [-0.25, -0.2) is 4.98 Å². The van der Waals surface area contributed by atoms with Gasteiger partial charge >= 0.3 is 0 Å². The number of ether oxygens (including phenoxy) is 1. The molecule has 0 aliphatic carbocycles. The number of rotatable bonds is 9. The minimum absolute atomic E-state index is 0.0142. The van der Waals surface area contributed by atoms with E-state index in [1.54, 1.807) is 18.6 Å². The van der Waals surface area contributed by atoms with Crippen LogP contribution >= 0.6 is 0 Å². The summed E-state index contributed by atoms with van der Waals surface area (Å²) in [5.74, 6) is 1.33. The molecule has 3 heterocycles. The molecule has 164 valence electrons. The Morgan fingerprint density at radius 1 is 1.19 bits per heavy atom. The molecule has 0 aliphatic heterocycles. The molecule has 4 aromatic rings. The number of aryl methyl sites for hydroxylation is 1. The zero-order valence-corrected chi connectivity index (χ0v) is 18.0. The molecule has 4 rings (SSSR count). The number of benzene rings is 1. The standard InChI is InChI=1S/C25H27N5O2/c1-17-16-30-25-24(17)22(8-12-29-25)32-21-4-2-3-19(13-21)20(15-26)14-23(31)28-11-7-18-5-9-27-10-6-18/h2-6,8-10,12-13,16,20H,7,11,14-15,26H2,1H3,(H,28,31)(H,29,30). The fourth-order valence-corrected chi connectivity index (χ4v) is 3.76. The third-order valence-electron chi connectivity index (χ3n) is 5.49. The predicted molar refractivity (Wildman–Crippen MR) is 125 cm³/mol. The van der Waals surface area contributed by atoms with Crippen LogP contribution in [0.1, 0.15) is 29.0 Å². The highest BCUT2D eigenvalue weighted by molar-refractivity contribution is 5.86. The minimum Gasteiger partial charge on any atom is -0.457 e. The van der Waals surface area contributed by atoms with Crippen molar-refractivity contribution in [3.05, 3.63) is 83.9 Å². The summed E-state index contributed by atoms with van der Waals surface area (Å²) in [7, 11) is 0. The largest absolute Gasteiger partial charge is 0.457 e. The lowest BCUT2D eigenvalue weighted by Crippen LogP contribution is -2.29. The lowest BCUT2D eigenvalue weighted by atomic mass is 9.95. The van der Waals surface area contributed by atoms with Crippen molar-refractivity contribution in [1.29, 1.82) is 0 Å². The summed E-state index contributed by atoms with van der Waals surface area (Å²) in [6.07, 6.45) is 8.24. The summed E-state index contributed by atoms with van der Waals surface area (Å²) in [6.45, 7) is 2.97. The fraction of sp³-hybridized carbons (Fsp3) is 0.240. The molecule has 7 nitrogen and oxygen atoms in total. The smallest absolute Gasteiger partial charge is 0.220 e. The average molecular weight is 430 g/mol. The number of hydrogen-bond acceptors (Lipinski definition) is 5. The van der Waals surface area contributed by atoms with E-state index in [1.165, 1.54) is 0 Å². The Morgan fingerprint density at radius 2 is 2.03 bits per heavy atom. The first-order valence-electron chi connectivity index (χ1n) is 10.7. The predicted octanol–water partition coefficient (Wildman–Crippen LogP) is 3.85. The normalized spacial score (nSPS) is 11.9. The van der Waals surface area contributed by atoms with E-state index < -0.39 is 0 Å². The lowest BCUT2D eigenvalue weighted by molar-refractivity contribution is -0.121. The number of nitrogens with zero attached hydrogens (tertiary/aromatic N) is 2. The van der Waals surface area contributed by atoms with Crippen molar-refractivity contribution < 1.29 is 9.53 Å². The average Bonchev–Trinajstić information content (AvgIpc) is 3.20. The minimum atomic E-state index is -0.0917. The number of nitrogens with one attached hydrogen (secondary N) is 2. The highest BCUT2D eigenvalue weighted by Gasteiger charge is 2.16. The van der Waals surface area contributed by atoms with Crippen molar-refractivity contribution in [2.45, 2.75) is 25.7 Å². The molecule has 1 unspecified atom stereocenters. The first-order valence-corrected chi connectivity index (χ1v) is 10.7. The zero-order valence-electron chi connectivity index (χ0n) is 18.0. The number of H-pyrrole nitrogens is 1. The molecular weight excluding hydrogens is 402 g/mol. The Labute approximate surface area is 187 Å². The van der Waals surface area contributed by atoms with Gasteiger partial charge in [0.15, 0.2) is 0 Å². The molecule has 32 heavy (non-hydrogen) atoms. The second kappa shape index (κ2) is 10.1. The van der Waals surface area contributed by atoms with Crippen LogP contribution in [0.15, 0.2) is 67.3 Å². The molecule has 7 heteroatoms. The number of carbonyl (C=O) groups excluding carboxylic acids is 1. The van der Waals surface area contributed by atoms with Gasteiger partial charge in [0.05, 0.1) is 5.39 Å². The maximum absolute atomic E-state index is 12.5. The van der Waals surface area contributed by atoms with Crippen LogP contribution in [-0.4, -0.2) is 33.9 Å². The van der Waals surface area contributed by atoms with Crippen molar-refractivity contribution in [1.82, 2.24) is 20.3 Å². The van der Waals surface area contributed by atoms with E-state index in [1.807, 2.05) is 55.6 Å².